The van der Waals surface area contributed by atoms with Crippen LogP contribution in [0.25, 0.3) is 0 Å². The first-order valence-electron chi connectivity index (χ1n) is 9.41. The Kier molecular flexibility index (Phi) is 5.04. The summed E-state index contributed by atoms with van der Waals surface area (Å²) >= 11 is 0. The molecule has 2 saturated heterocycles. The molecule has 134 valence electrons. The van der Waals surface area contributed by atoms with Gasteiger partial charge in [-0.05, 0) is 49.0 Å². The van der Waals surface area contributed by atoms with E-state index in [1.807, 2.05) is 17.9 Å². The van der Waals surface area contributed by atoms with Crippen LogP contribution in [0.2, 0.25) is 0 Å². The number of aryl methyl sites for hydroxylation is 1. The van der Waals surface area contributed by atoms with Crippen LogP contribution in [-0.2, 0) is 18.3 Å². The van der Waals surface area contributed by atoms with Crippen molar-refractivity contribution in [2.45, 2.75) is 25.3 Å². The van der Waals surface area contributed by atoms with Crippen molar-refractivity contribution in [3.8, 4) is 0 Å². The average molecular weight is 340 g/mol. The molecule has 2 aliphatic heterocycles. The van der Waals surface area contributed by atoms with Crippen LogP contribution >= 0.6 is 0 Å². The van der Waals surface area contributed by atoms with E-state index in [9.17, 15) is 0 Å². The van der Waals surface area contributed by atoms with Crippen molar-refractivity contribution in [3.63, 3.8) is 0 Å². The van der Waals surface area contributed by atoms with Gasteiger partial charge in [0.2, 0.25) is 0 Å². The maximum atomic E-state index is 5.51. The molecule has 5 nitrogen and oxygen atoms in total. The topological polar surface area (TPSA) is 33.5 Å². The van der Waals surface area contributed by atoms with Crippen molar-refractivity contribution < 1.29 is 4.74 Å². The van der Waals surface area contributed by atoms with Crippen molar-refractivity contribution in [1.29, 1.82) is 0 Å². The molecule has 2 fully saturated rings. The number of nitrogens with zero attached hydrogens (tertiary/aromatic N) is 4. The lowest BCUT2D eigenvalue weighted by molar-refractivity contribution is 0.122. The zero-order valence-electron chi connectivity index (χ0n) is 15.1. The van der Waals surface area contributed by atoms with Crippen LogP contribution in [0.1, 0.15) is 29.9 Å². The third kappa shape index (κ3) is 3.88. The number of benzene rings is 1. The normalized spacial score (nSPS) is 20.1. The molecule has 4 rings (SSSR count). The van der Waals surface area contributed by atoms with E-state index < -0.39 is 0 Å². The number of piperidine rings is 1. The Balaban J connectivity index is 1.38. The van der Waals surface area contributed by atoms with E-state index in [4.69, 9.17) is 4.74 Å². The highest BCUT2D eigenvalue weighted by Gasteiger charge is 2.23. The third-order valence-electron chi connectivity index (χ3n) is 5.52. The molecule has 5 heteroatoms. The van der Waals surface area contributed by atoms with Gasteiger partial charge in [-0.25, -0.2) is 0 Å². The highest BCUT2D eigenvalue weighted by molar-refractivity contribution is 5.54. The van der Waals surface area contributed by atoms with Crippen molar-refractivity contribution >= 4 is 5.69 Å². The second-order valence-electron chi connectivity index (χ2n) is 7.23. The highest BCUT2D eigenvalue weighted by Crippen LogP contribution is 2.30. The Morgan fingerprint density at radius 1 is 1.08 bits per heavy atom. The largest absolute Gasteiger partial charge is 0.378 e. The van der Waals surface area contributed by atoms with Crippen molar-refractivity contribution in [2.24, 2.45) is 7.05 Å². The number of morpholine rings is 1. The Bertz CT molecular complexity index is 685. The Morgan fingerprint density at radius 3 is 2.56 bits per heavy atom. The molecule has 1 aromatic heterocycles. The first kappa shape index (κ1) is 16.6. The average Bonchev–Trinajstić information content (AvgIpc) is 3.10. The van der Waals surface area contributed by atoms with E-state index in [2.05, 4.69) is 45.4 Å². The molecule has 0 radical (unpaired) electrons. The van der Waals surface area contributed by atoms with E-state index in [1.54, 1.807) is 0 Å². The number of aromatic nitrogens is 2. The fourth-order valence-corrected chi connectivity index (χ4v) is 4.07. The summed E-state index contributed by atoms with van der Waals surface area (Å²) in [5.41, 5.74) is 4.24. The van der Waals surface area contributed by atoms with E-state index in [0.29, 0.717) is 5.92 Å². The summed E-state index contributed by atoms with van der Waals surface area (Å²) in [6.07, 6.45) is 6.67. The number of likely N-dealkylation sites (tertiary alicyclic amines) is 1. The Labute approximate surface area is 150 Å². The van der Waals surface area contributed by atoms with E-state index >= 15 is 0 Å². The molecule has 2 aromatic rings. The van der Waals surface area contributed by atoms with Crippen LogP contribution < -0.4 is 4.90 Å². The lowest BCUT2D eigenvalue weighted by Gasteiger charge is -2.34. The van der Waals surface area contributed by atoms with Gasteiger partial charge in [0.05, 0.1) is 19.4 Å². The quantitative estimate of drug-likeness (QED) is 0.857. The smallest absolute Gasteiger partial charge is 0.0642 e. The molecule has 0 N–H and O–H groups in total. The molecule has 0 aliphatic carbocycles. The van der Waals surface area contributed by atoms with Crippen molar-refractivity contribution in [2.75, 3.05) is 44.3 Å². The summed E-state index contributed by atoms with van der Waals surface area (Å²) in [6, 6.07) is 8.88. The predicted molar refractivity (Wildman–Crippen MR) is 99.9 cm³/mol. The molecule has 0 spiro atoms. The summed E-state index contributed by atoms with van der Waals surface area (Å²) in [7, 11) is 2.00. The summed E-state index contributed by atoms with van der Waals surface area (Å²) in [5.74, 6) is 0.666. The van der Waals surface area contributed by atoms with Gasteiger partial charge in [-0.3, -0.25) is 9.58 Å². The monoisotopic (exact) mass is 340 g/mol. The Morgan fingerprint density at radius 2 is 1.84 bits per heavy atom. The second-order valence-corrected chi connectivity index (χ2v) is 7.23. The van der Waals surface area contributed by atoms with Crippen LogP contribution in [0.3, 0.4) is 0 Å². The van der Waals surface area contributed by atoms with Gasteiger partial charge in [-0.15, -0.1) is 0 Å². The molecular weight excluding hydrogens is 312 g/mol. The first-order valence-corrected chi connectivity index (χ1v) is 9.41. The maximum Gasteiger partial charge on any atom is 0.0642 e. The molecule has 25 heavy (non-hydrogen) atoms. The van der Waals surface area contributed by atoms with E-state index in [1.165, 1.54) is 29.7 Å². The first-order chi connectivity index (χ1) is 12.3. The Hall–Kier alpha value is -1.85. The molecule has 0 unspecified atom stereocenters. The standard InChI is InChI=1S/C20H28N4O/c1-22-15-19(14-21-22)17-6-8-23(9-7-17)16-18-4-2-3-5-20(18)24-10-12-25-13-11-24/h2-5,14-15,17H,6-13,16H2,1H3. The lowest BCUT2D eigenvalue weighted by atomic mass is 9.91. The fraction of sp³-hybridized carbons (Fsp3) is 0.550. The van der Waals surface area contributed by atoms with E-state index in [-0.39, 0.29) is 0 Å². The molecule has 3 heterocycles. The minimum absolute atomic E-state index is 0.666. The molecular formula is C20H28N4O. The molecule has 0 bridgehead atoms. The highest BCUT2D eigenvalue weighted by atomic mass is 16.5. The van der Waals surface area contributed by atoms with Crippen LogP contribution in [0.4, 0.5) is 5.69 Å². The minimum Gasteiger partial charge on any atom is -0.378 e. The molecule has 1 aromatic carbocycles. The van der Waals surface area contributed by atoms with Gasteiger partial charge < -0.3 is 9.64 Å². The van der Waals surface area contributed by atoms with Gasteiger partial charge in [0.25, 0.3) is 0 Å². The zero-order valence-corrected chi connectivity index (χ0v) is 15.1. The van der Waals surface area contributed by atoms with Crippen molar-refractivity contribution in [3.05, 3.63) is 47.8 Å². The van der Waals surface area contributed by atoms with Gasteiger partial charge in [-0.1, -0.05) is 18.2 Å². The molecule has 0 atom stereocenters. The summed E-state index contributed by atoms with van der Waals surface area (Å²) in [4.78, 5) is 5.08. The van der Waals surface area contributed by atoms with Gasteiger partial charge in [0.1, 0.15) is 0 Å². The second kappa shape index (κ2) is 7.58. The summed E-state index contributed by atoms with van der Waals surface area (Å²) in [5, 5.41) is 4.33. The van der Waals surface area contributed by atoms with Crippen LogP contribution in [-0.4, -0.2) is 54.1 Å². The molecule has 0 amide bonds. The van der Waals surface area contributed by atoms with Gasteiger partial charge >= 0.3 is 0 Å². The van der Waals surface area contributed by atoms with E-state index in [0.717, 1.165) is 45.9 Å². The number of ether oxygens (including phenoxy) is 1. The van der Waals surface area contributed by atoms with Gasteiger partial charge in [0.15, 0.2) is 0 Å². The van der Waals surface area contributed by atoms with Gasteiger partial charge in [0, 0.05) is 38.6 Å². The fourth-order valence-electron chi connectivity index (χ4n) is 4.07. The van der Waals surface area contributed by atoms with Gasteiger partial charge in [-0.2, -0.15) is 5.10 Å². The SMILES string of the molecule is Cn1cc(C2CCN(Cc3ccccc3N3CCOCC3)CC2)cn1. The zero-order chi connectivity index (χ0) is 17.1. The molecule has 2 aliphatic rings. The third-order valence-corrected chi connectivity index (χ3v) is 5.52. The number of hydrogen-bond donors (Lipinski definition) is 0. The lowest BCUT2D eigenvalue weighted by Crippen LogP contribution is -2.38. The minimum atomic E-state index is 0.666. The molecule has 0 saturated carbocycles. The van der Waals surface area contributed by atoms with Crippen LogP contribution in [0.15, 0.2) is 36.7 Å². The van der Waals surface area contributed by atoms with Crippen molar-refractivity contribution in [1.82, 2.24) is 14.7 Å². The summed E-state index contributed by atoms with van der Waals surface area (Å²) < 4.78 is 7.42. The number of rotatable bonds is 4. The predicted octanol–water partition coefficient (Wildman–Crippen LogP) is 2.64. The summed E-state index contributed by atoms with van der Waals surface area (Å²) in [6.45, 7) is 7.05. The maximum absolute atomic E-state index is 5.51. The number of para-hydroxylation sites is 1. The number of hydrogen-bond acceptors (Lipinski definition) is 4. The van der Waals surface area contributed by atoms with Crippen LogP contribution in [0.5, 0.6) is 0 Å². The van der Waals surface area contributed by atoms with Crippen LogP contribution in [0, 0.1) is 0 Å². The number of anilines is 1.